The van der Waals surface area contributed by atoms with Gasteiger partial charge in [0.05, 0.1) is 12.2 Å². The molecule has 2 rings (SSSR count). The highest BCUT2D eigenvalue weighted by atomic mass is 16.3. The smallest absolute Gasteiger partial charge is 0.257 e. The van der Waals surface area contributed by atoms with Gasteiger partial charge in [-0.3, -0.25) is 9.69 Å². The molecule has 1 aromatic rings. The Labute approximate surface area is 119 Å². The molecule has 6 heteroatoms. The molecule has 0 radical (unpaired) electrons. The van der Waals surface area contributed by atoms with Gasteiger partial charge in [0.25, 0.3) is 5.91 Å². The third-order valence-corrected chi connectivity index (χ3v) is 3.52. The van der Waals surface area contributed by atoms with Crippen LogP contribution in [-0.2, 0) is 0 Å². The minimum atomic E-state index is 0.0328. The van der Waals surface area contributed by atoms with Crippen LogP contribution in [0.3, 0.4) is 0 Å². The Morgan fingerprint density at radius 3 is 2.65 bits per heavy atom. The van der Waals surface area contributed by atoms with E-state index in [9.17, 15) is 4.79 Å². The largest absolute Gasteiger partial charge is 0.395 e. The zero-order valence-electron chi connectivity index (χ0n) is 12.1. The monoisotopic (exact) mass is 278 g/mol. The maximum Gasteiger partial charge on any atom is 0.257 e. The molecular formula is C14H22N4O2. The summed E-state index contributed by atoms with van der Waals surface area (Å²) in [5.41, 5.74) is 0.646. The number of hydrogen-bond acceptors (Lipinski definition) is 5. The fourth-order valence-corrected chi connectivity index (χ4v) is 2.41. The molecule has 6 nitrogen and oxygen atoms in total. The van der Waals surface area contributed by atoms with Crippen molar-refractivity contribution in [3.8, 4) is 0 Å². The van der Waals surface area contributed by atoms with Gasteiger partial charge in [0.1, 0.15) is 5.82 Å². The molecule has 1 aliphatic heterocycles. The van der Waals surface area contributed by atoms with Crippen LogP contribution in [0.2, 0.25) is 0 Å². The van der Waals surface area contributed by atoms with Crippen molar-refractivity contribution >= 4 is 11.7 Å². The molecule has 0 spiro atoms. The van der Waals surface area contributed by atoms with Gasteiger partial charge in [0.15, 0.2) is 0 Å². The minimum absolute atomic E-state index is 0.0328. The van der Waals surface area contributed by atoms with Gasteiger partial charge >= 0.3 is 0 Å². The van der Waals surface area contributed by atoms with Crippen molar-refractivity contribution in [1.29, 1.82) is 0 Å². The summed E-state index contributed by atoms with van der Waals surface area (Å²) in [4.78, 5) is 22.7. The molecule has 0 saturated carbocycles. The van der Waals surface area contributed by atoms with Crippen LogP contribution >= 0.6 is 0 Å². The second kappa shape index (κ2) is 6.67. The van der Waals surface area contributed by atoms with E-state index in [1.54, 1.807) is 12.3 Å². The molecule has 20 heavy (non-hydrogen) atoms. The molecule has 1 N–H and O–H groups in total. The van der Waals surface area contributed by atoms with Crippen LogP contribution in [0, 0.1) is 0 Å². The van der Waals surface area contributed by atoms with E-state index in [2.05, 4.69) is 9.88 Å². The molecule has 1 aliphatic rings. The summed E-state index contributed by atoms with van der Waals surface area (Å²) in [7, 11) is 3.77. The number of aliphatic hydroxyl groups excluding tert-OH is 1. The van der Waals surface area contributed by atoms with E-state index in [0.717, 1.165) is 13.1 Å². The van der Waals surface area contributed by atoms with Gasteiger partial charge in [0.2, 0.25) is 0 Å². The zero-order chi connectivity index (χ0) is 14.5. The van der Waals surface area contributed by atoms with Crippen LogP contribution in [-0.4, -0.2) is 79.2 Å². The van der Waals surface area contributed by atoms with Crippen molar-refractivity contribution in [2.45, 2.75) is 0 Å². The molecule has 1 saturated heterocycles. The van der Waals surface area contributed by atoms with Crippen LogP contribution in [0.4, 0.5) is 5.82 Å². The van der Waals surface area contributed by atoms with Crippen LogP contribution in [0.25, 0.3) is 0 Å². The Hall–Kier alpha value is -1.66. The normalized spacial score (nSPS) is 16.2. The second-order valence-electron chi connectivity index (χ2n) is 5.13. The number of piperazine rings is 1. The predicted octanol–water partition coefficient (Wildman–Crippen LogP) is -0.102. The minimum Gasteiger partial charge on any atom is -0.395 e. The number of anilines is 1. The molecule has 2 heterocycles. The van der Waals surface area contributed by atoms with Crippen LogP contribution < -0.4 is 4.90 Å². The lowest BCUT2D eigenvalue weighted by molar-refractivity contribution is 0.0615. The molecule has 0 atom stereocenters. The van der Waals surface area contributed by atoms with Crippen LogP contribution in [0.5, 0.6) is 0 Å². The molecule has 1 amide bonds. The summed E-state index contributed by atoms with van der Waals surface area (Å²) in [6, 6.07) is 3.62. The van der Waals surface area contributed by atoms with Gasteiger partial charge in [0, 0.05) is 53.0 Å². The summed E-state index contributed by atoms with van der Waals surface area (Å²) in [5.74, 6) is 0.737. The highest BCUT2D eigenvalue weighted by Gasteiger charge is 2.24. The number of carbonyl (C=O) groups is 1. The topological polar surface area (TPSA) is 59.9 Å². The first kappa shape index (κ1) is 14.7. The maximum atomic E-state index is 12.6. The summed E-state index contributed by atoms with van der Waals surface area (Å²) in [6.07, 6.45) is 1.70. The Balaban J connectivity index is 2.06. The van der Waals surface area contributed by atoms with E-state index in [-0.39, 0.29) is 12.5 Å². The first-order valence-electron chi connectivity index (χ1n) is 6.88. The first-order valence-corrected chi connectivity index (χ1v) is 6.88. The Bertz CT molecular complexity index is 456. The van der Waals surface area contributed by atoms with E-state index in [1.165, 1.54) is 0 Å². The van der Waals surface area contributed by atoms with E-state index in [1.807, 2.05) is 30.0 Å². The average Bonchev–Trinajstić information content (AvgIpc) is 2.47. The summed E-state index contributed by atoms with van der Waals surface area (Å²) >= 11 is 0. The number of pyridine rings is 1. The van der Waals surface area contributed by atoms with Crippen molar-refractivity contribution in [1.82, 2.24) is 14.8 Å². The van der Waals surface area contributed by atoms with E-state index >= 15 is 0 Å². The summed E-state index contributed by atoms with van der Waals surface area (Å²) in [5, 5.41) is 8.93. The molecule has 0 aliphatic carbocycles. The number of aliphatic hydroxyl groups is 1. The maximum absolute atomic E-state index is 12.6. The van der Waals surface area contributed by atoms with E-state index < -0.39 is 0 Å². The molecule has 0 aromatic carbocycles. The Kier molecular flexibility index (Phi) is 4.92. The third-order valence-electron chi connectivity index (χ3n) is 3.52. The third kappa shape index (κ3) is 3.26. The van der Waals surface area contributed by atoms with E-state index in [4.69, 9.17) is 5.11 Å². The van der Waals surface area contributed by atoms with Crippen molar-refractivity contribution in [2.75, 3.05) is 58.3 Å². The number of hydrogen-bond donors (Lipinski definition) is 1. The van der Waals surface area contributed by atoms with Gasteiger partial charge in [-0.2, -0.15) is 0 Å². The molecule has 110 valence electrons. The van der Waals surface area contributed by atoms with E-state index in [0.29, 0.717) is 31.0 Å². The van der Waals surface area contributed by atoms with Gasteiger partial charge < -0.3 is 14.9 Å². The standard InChI is InChI=1S/C14H22N4O2/c1-16(2)13-12(4-3-5-15-13)14(20)18-8-6-17(7-9-18)10-11-19/h3-5,19H,6-11H2,1-2H3. The van der Waals surface area contributed by atoms with Gasteiger partial charge in [-0.15, -0.1) is 0 Å². The van der Waals surface area contributed by atoms with Crippen molar-refractivity contribution in [2.24, 2.45) is 0 Å². The van der Waals surface area contributed by atoms with Crippen molar-refractivity contribution < 1.29 is 9.90 Å². The number of carbonyl (C=O) groups excluding carboxylic acids is 1. The highest BCUT2D eigenvalue weighted by molar-refractivity contribution is 5.98. The van der Waals surface area contributed by atoms with Crippen molar-refractivity contribution in [3.63, 3.8) is 0 Å². The lowest BCUT2D eigenvalue weighted by atomic mass is 10.2. The quantitative estimate of drug-likeness (QED) is 0.833. The van der Waals surface area contributed by atoms with Gasteiger partial charge in [-0.1, -0.05) is 0 Å². The number of nitrogens with zero attached hydrogens (tertiary/aromatic N) is 4. The second-order valence-corrected chi connectivity index (χ2v) is 5.13. The number of rotatable bonds is 4. The molecule has 1 aromatic heterocycles. The number of β-amino-alcohol motifs (C(OH)–C–C–N with tert-alkyl or cyclic N) is 1. The summed E-state index contributed by atoms with van der Waals surface area (Å²) in [6.45, 7) is 3.86. The van der Waals surface area contributed by atoms with Crippen LogP contribution in [0.15, 0.2) is 18.3 Å². The van der Waals surface area contributed by atoms with Gasteiger partial charge in [-0.25, -0.2) is 4.98 Å². The summed E-state index contributed by atoms with van der Waals surface area (Å²) < 4.78 is 0. The van der Waals surface area contributed by atoms with Gasteiger partial charge in [-0.05, 0) is 12.1 Å². The molecule has 0 unspecified atom stereocenters. The van der Waals surface area contributed by atoms with Crippen LogP contribution in [0.1, 0.15) is 10.4 Å². The molecule has 1 fully saturated rings. The molecule has 0 bridgehead atoms. The highest BCUT2D eigenvalue weighted by Crippen LogP contribution is 2.17. The van der Waals surface area contributed by atoms with Crippen molar-refractivity contribution in [3.05, 3.63) is 23.9 Å². The fourth-order valence-electron chi connectivity index (χ4n) is 2.41. The lowest BCUT2D eigenvalue weighted by Gasteiger charge is -2.34. The Morgan fingerprint density at radius 2 is 2.05 bits per heavy atom. The molecular weight excluding hydrogens is 256 g/mol. The number of amides is 1. The number of aromatic nitrogens is 1. The average molecular weight is 278 g/mol. The SMILES string of the molecule is CN(C)c1ncccc1C(=O)N1CCN(CCO)CC1. The Morgan fingerprint density at radius 1 is 1.35 bits per heavy atom. The lowest BCUT2D eigenvalue weighted by Crippen LogP contribution is -2.49. The zero-order valence-corrected chi connectivity index (χ0v) is 12.1. The predicted molar refractivity (Wildman–Crippen MR) is 78.0 cm³/mol. The first-order chi connectivity index (χ1) is 9.63. The fraction of sp³-hybridized carbons (Fsp3) is 0.571.